The normalized spacial score (nSPS) is 21.8. The lowest BCUT2D eigenvalue weighted by Crippen LogP contribution is -2.45. The van der Waals surface area contributed by atoms with Gasteiger partial charge in [-0.25, -0.2) is 31.4 Å². The third-order valence-corrected chi connectivity index (χ3v) is 10.9. The summed E-state index contributed by atoms with van der Waals surface area (Å²) in [6.07, 6.45) is 1.80. The van der Waals surface area contributed by atoms with Gasteiger partial charge in [-0.15, -0.1) is 0 Å². The molecular formula is C31H36F3N7O2S. The third-order valence-electron chi connectivity index (χ3n) is 8.55. The molecule has 1 amide bonds. The van der Waals surface area contributed by atoms with Crippen LogP contribution in [0.4, 0.5) is 18.9 Å². The number of aromatic nitrogens is 3. The minimum absolute atomic E-state index is 0.0921. The molecule has 234 valence electrons. The number of rotatable bonds is 7. The highest BCUT2D eigenvalue weighted by molar-refractivity contribution is 7.93. The molecule has 1 saturated carbocycles. The first kappa shape index (κ1) is 31.5. The molecule has 2 aromatic heterocycles. The summed E-state index contributed by atoms with van der Waals surface area (Å²) in [5, 5.41) is 16.9. The summed E-state index contributed by atoms with van der Waals surface area (Å²) < 4.78 is 62.7. The number of nitrogens with zero attached hydrogens (tertiary/aromatic N) is 6. The topological polar surface area (TPSA) is 116 Å². The predicted molar refractivity (Wildman–Crippen MR) is 163 cm³/mol. The van der Waals surface area contributed by atoms with Gasteiger partial charge in [-0.1, -0.05) is 26.0 Å². The summed E-state index contributed by atoms with van der Waals surface area (Å²) in [4.78, 5) is 19.7. The van der Waals surface area contributed by atoms with Crippen molar-refractivity contribution in [1.29, 1.82) is 5.26 Å². The summed E-state index contributed by atoms with van der Waals surface area (Å²) in [6.45, 7) is 4.77. The summed E-state index contributed by atoms with van der Waals surface area (Å²) >= 11 is 0. The van der Waals surface area contributed by atoms with Gasteiger partial charge in [-0.2, -0.15) is 10.4 Å². The van der Waals surface area contributed by atoms with Crippen molar-refractivity contribution < 1.29 is 22.2 Å². The van der Waals surface area contributed by atoms with Crippen LogP contribution in [0, 0.1) is 29.0 Å². The molecule has 0 unspecified atom stereocenters. The number of anilines is 1. The maximum atomic E-state index is 15.0. The first-order valence-corrected chi connectivity index (χ1v) is 16.5. The molecule has 5 rings (SSSR count). The van der Waals surface area contributed by atoms with E-state index in [0.717, 1.165) is 5.69 Å². The van der Waals surface area contributed by atoms with E-state index >= 15 is 0 Å². The summed E-state index contributed by atoms with van der Waals surface area (Å²) in [6, 6.07) is 11.5. The number of carbonyl (C=O) groups is 1. The average Bonchev–Trinajstić information content (AvgIpc) is 3.45. The molecule has 1 aromatic carbocycles. The van der Waals surface area contributed by atoms with Crippen LogP contribution in [0.15, 0.2) is 53.2 Å². The molecule has 3 heterocycles. The summed E-state index contributed by atoms with van der Waals surface area (Å²) in [5.41, 5.74) is 2.28. The van der Waals surface area contributed by atoms with E-state index in [9.17, 15) is 27.4 Å². The number of hydrogen-bond donors (Lipinski definition) is 1. The Morgan fingerprint density at radius 2 is 1.91 bits per heavy atom. The van der Waals surface area contributed by atoms with Crippen molar-refractivity contribution >= 4 is 21.3 Å². The van der Waals surface area contributed by atoms with Gasteiger partial charge in [-0.3, -0.25) is 4.79 Å². The Morgan fingerprint density at radius 1 is 1.20 bits per heavy atom. The van der Waals surface area contributed by atoms with Crippen LogP contribution in [-0.4, -0.2) is 68.5 Å². The highest BCUT2D eigenvalue weighted by Gasteiger charge is 2.47. The number of nitriles is 1. The molecule has 3 aromatic rings. The third kappa shape index (κ3) is 6.60. The quantitative estimate of drug-likeness (QED) is 0.386. The minimum Gasteiger partial charge on any atom is -0.370 e. The van der Waals surface area contributed by atoms with Crippen molar-refractivity contribution in [2.24, 2.45) is 16.2 Å². The van der Waals surface area contributed by atoms with E-state index in [1.165, 1.54) is 23.0 Å². The van der Waals surface area contributed by atoms with Gasteiger partial charge in [0.25, 0.3) is 0 Å². The lowest BCUT2D eigenvalue weighted by Gasteiger charge is -2.35. The Balaban J connectivity index is 1.54. The second kappa shape index (κ2) is 12.6. The fraction of sp³-hybridized carbons (Fsp3) is 0.484. The van der Waals surface area contributed by atoms with Crippen molar-refractivity contribution in [3.8, 4) is 23.0 Å². The van der Waals surface area contributed by atoms with Crippen LogP contribution in [0.5, 0.6) is 0 Å². The van der Waals surface area contributed by atoms with E-state index in [2.05, 4.69) is 30.7 Å². The van der Waals surface area contributed by atoms with Crippen LogP contribution >= 0.6 is 0 Å². The van der Waals surface area contributed by atoms with Crippen molar-refractivity contribution in [1.82, 2.24) is 20.1 Å². The molecule has 1 N–H and O–H groups in total. The lowest BCUT2D eigenvalue weighted by atomic mass is 9.74. The Hall–Kier alpha value is -3.92. The molecule has 0 spiro atoms. The molecule has 44 heavy (non-hydrogen) atoms. The van der Waals surface area contributed by atoms with Crippen molar-refractivity contribution in [3.05, 3.63) is 60.3 Å². The second-order valence-electron chi connectivity index (χ2n) is 11.7. The van der Waals surface area contributed by atoms with E-state index in [4.69, 9.17) is 0 Å². The molecule has 0 bridgehead atoms. The zero-order valence-corrected chi connectivity index (χ0v) is 25.7. The molecule has 0 radical (unpaired) electrons. The zero-order chi connectivity index (χ0) is 31.6. The van der Waals surface area contributed by atoms with Gasteiger partial charge in [0.15, 0.2) is 11.6 Å². The number of hydrogen-bond acceptors (Lipinski definition) is 7. The number of alkyl halides is 2. The Bertz CT molecular complexity index is 1660. The fourth-order valence-electron chi connectivity index (χ4n) is 5.89. The van der Waals surface area contributed by atoms with E-state index in [1.807, 2.05) is 24.3 Å². The van der Waals surface area contributed by atoms with Crippen LogP contribution in [0.25, 0.3) is 16.9 Å². The Morgan fingerprint density at radius 3 is 2.52 bits per heavy atom. The van der Waals surface area contributed by atoms with E-state index in [1.54, 1.807) is 27.1 Å². The van der Waals surface area contributed by atoms with Crippen LogP contribution < -0.4 is 10.2 Å². The van der Waals surface area contributed by atoms with Gasteiger partial charge in [0, 0.05) is 89.7 Å². The fourth-order valence-corrected chi connectivity index (χ4v) is 7.47. The number of pyridine rings is 1. The van der Waals surface area contributed by atoms with Crippen LogP contribution in [0.1, 0.15) is 44.7 Å². The standard InChI is InChI=1S/C31H36F3N7O2S/c1-20(2)27(18-35)38-30(42)23-10-11-31(33,34)17-24(23)28-25(19-41(39-28)29-26(32)5-4-12-37-29)21-6-8-22(9-7-21)40-13-15-44(43,36-3)16-14-40/h4-9,12,19-20,23-24,27H,10-11,13-17H2,1-3H3,(H,38,42)/t23-,24-,27-/m1/s1. The molecule has 2 aliphatic rings. The van der Waals surface area contributed by atoms with Gasteiger partial charge in [-0.05, 0) is 42.2 Å². The van der Waals surface area contributed by atoms with Gasteiger partial charge in [0.05, 0.1) is 11.8 Å². The van der Waals surface area contributed by atoms with Gasteiger partial charge < -0.3 is 10.2 Å². The van der Waals surface area contributed by atoms with E-state index in [-0.39, 0.29) is 23.9 Å². The first-order valence-electron chi connectivity index (χ1n) is 14.7. The van der Waals surface area contributed by atoms with Crippen molar-refractivity contribution in [2.45, 2.75) is 51.0 Å². The zero-order valence-electron chi connectivity index (χ0n) is 24.9. The first-order chi connectivity index (χ1) is 20.9. The Labute approximate surface area is 255 Å². The summed E-state index contributed by atoms with van der Waals surface area (Å²) in [5.74, 6) is -5.34. The highest BCUT2D eigenvalue weighted by atomic mass is 32.2. The number of carbonyl (C=O) groups excluding carboxylic acids is 1. The monoisotopic (exact) mass is 627 g/mol. The predicted octanol–water partition coefficient (Wildman–Crippen LogP) is 5.17. The second-order valence-corrected chi connectivity index (χ2v) is 14.5. The molecule has 1 aliphatic heterocycles. The van der Waals surface area contributed by atoms with Crippen LogP contribution in [0.3, 0.4) is 0 Å². The highest BCUT2D eigenvalue weighted by Crippen LogP contribution is 2.47. The summed E-state index contributed by atoms with van der Waals surface area (Å²) in [7, 11) is -0.590. The van der Waals surface area contributed by atoms with Gasteiger partial charge in [0.2, 0.25) is 11.8 Å². The molecule has 1 aliphatic carbocycles. The molecule has 9 nitrogen and oxygen atoms in total. The van der Waals surface area contributed by atoms with E-state index < -0.39 is 58.1 Å². The van der Waals surface area contributed by atoms with Crippen LogP contribution in [-0.2, 0) is 14.5 Å². The maximum Gasteiger partial charge on any atom is 0.248 e. The van der Waals surface area contributed by atoms with E-state index in [0.29, 0.717) is 35.7 Å². The van der Waals surface area contributed by atoms with Crippen LogP contribution in [0.2, 0.25) is 0 Å². The number of halogens is 3. The molecule has 13 heteroatoms. The van der Waals surface area contributed by atoms with Gasteiger partial charge in [0.1, 0.15) is 6.04 Å². The maximum absolute atomic E-state index is 15.0. The molecular weight excluding hydrogens is 591 g/mol. The largest absolute Gasteiger partial charge is 0.370 e. The van der Waals surface area contributed by atoms with Crippen molar-refractivity contribution in [2.75, 3.05) is 36.5 Å². The minimum atomic E-state index is -3.03. The van der Waals surface area contributed by atoms with Gasteiger partial charge >= 0.3 is 0 Å². The molecule has 3 atom stereocenters. The molecule has 2 fully saturated rings. The smallest absolute Gasteiger partial charge is 0.248 e. The average molecular weight is 628 g/mol. The number of nitrogens with one attached hydrogen (secondary N) is 1. The Kier molecular flexibility index (Phi) is 9.02. The number of amides is 1. The van der Waals surface area contributed by atoms with Crippen molar-refractivity contribution in [3.63, 3.8) is 0 Å². The SMILES string of the molecule is CN=S1(=O)CCN(c2ccc(-c3cn(-c4ncccc4F)nc3[C@@H]3CC(F)(F)CC[C@H]3C(=O)N[C@H](C#N)C(C)C)cc2)CC1. The molecule has 1 saturated heterocycles. The lowest BCUT2D eigenvalue weighted by molar-refractivity contribution is -0.131. The number of benzene rings is 1.